The molecule has 0 spiro atoms. The minimum atomic E-state index is -0.727. The van der Waals surface area contributed by atoms with Crippen molar-refractivity contribution < 1.29 is 28.5 Å². The largest absolute Gasteiger partial charge is 0.490 e. The molecule has 0 amide bonds. The average molecular weight is 518 g/mol. The molecule has 7 nitrogen and oxygen atoms in total. The van der Waals surface area contributed by atoms with E-state index < -0.39 is 11.9 Å². The van der Waals surface area contributed by atoms with Crippen LogP contribution in [0.15, 0.2) is 30.0 Å². The second kappa shape index (κ2) is 18.5. The van der Waals surface area contributed by atoms with E-state index in [1.165, 1.54) is 70.4 Å². The highest BCUT2D eigenvalue weighted by Gasteiger charge is 2.23. The molecule has 0 atom stereocenters. The van der Waals surface area contributed by atoms with Gasteiger partial charge in [0.2, 0.25) is 0 Å². The van der Waals surface area contributed by atoms with E-state index in [2.05, 4.69) is 12.2 Å². The number of rotatable bonds is 21. The van der Waals surface area contributed by atoms with Gasteiger partial charge in [0.1, 0.15) is 0 Å². The Balaban J connectivity index is 1.90. The lowest BCUT2D eigenvalue weighted by Crippen LogP contribution is -2.19. The zero-order valence-corrected chi connectivity index (χ0v) is 23.1. The van der Waals surface area contributed by atoms with Gasteiger partial charge in [-0.3, -0.25) is 0 Å². The first-order chi connectivity index (χ1) is 18.1. The number of benzene rings is 1. The first-order valence-corrected chi connectivity index (χ1v) is 14.3. The summed E-state index contributed by atoms with van der Waals surface area (Å²) in [5.41, 5.74) is 0.480. The Bertz CT molecular complexity index is 813. The predicted octanol–water partition coefficient (Wildman–Crippen LogP) is 7.20. The number of esters is 2. The Morgan fingerprint density at radius 3 is 1.97 bits per heavy atom. The van der Waals surface area contributed by atoms with E-state index >= 15 is 0 Å². The Morgan fingerprint density at radius 1 is 0.811 bits per heavy atom. The van der Waals surface area contributed by atoms with Gasteiger partial charge in [-0.1, -0.05) is 64.7 Å². The second-order valence-corrected chi connectivity index (χ2v) is 9.59. The Morgan fingerprint density at radius 2 is 1.41 bits per heavy atom. The molecule has 0 aliphatic heterocycles. The molecule has 208 valence electrons. The van der Waals surface area contributed by atoms with E-state index in [0.29, 0.717) is 36.3 Å². The number of hydrogen-bond acceptors (Lipinski definition) is 7. The van der Waals surface area contributed by atoms with Crippen molar-refractivity contribution in [2.45, 2.75) is 97.8 Å². The van der Waals surface area contributed by atoms with Crippen molar-refractivity contribution in [3.05, 3.63) is 30.0 Å². The van der Waals surface area contributed by atoms with Crippen LogP contribution in [0.25, 0.3) is 0 Å². The van der Waals surface area contributed by atoms with Gasteiger partial charge >= 0.3 is 11.9 Å². The lowest BCUT2D eigenvalue weighted by molar-refractivity contribution is -0.146. The molecule has 0 bridgehead atoms. The third-order valence-electron chi connectivity index (χ3n) is 6.24. The summed E-state index contributed by atoms with van der Waals surface area (Å²) < 4.78 is 22.1. The fourth-order valence-electron chi connectivity index (χ4n) is 3.87. The number of ether oxygens (including phenoxy) is 4. The maximum atomic E-state index is 12.2. The van der Waals surface area contributed by atoms with Gasteiger partial charge in [-0.15, -0.1) is 0 Å². The van der Waals surface area contributed by atoms with Crippen LogP contribution >= 0.6 is 0 Å². The van der Waals surface area contributed by atoms with Crippen LogP contribution < -0.4 is 14.8 Å². The summed E-state index contributed by atoms with van der Waals surface area (Å²) >= 11 is 0. The van der Waals surface area contributed by atoms with Gasteiger partial charge in [-0.2, -0.15) is 0 Å². The Kier molecular flexibility index (Phi) is 15.3. The summed E-state index contributed by atoms with van der Waals surface area (Å²) in [6, 6.07) is 5.53. The van der Waals surface area contributed by atoms with Crippen molar-refractivity contribution >= 4 is 17.6 Å². The summed E-state index contributed by atoms with van der Waals surface area (Å²) in [7, 11) is 0. The van der Waals surface area contributed by atoms with Crippen molar-refractivity contribution in [3.8, 4) is 11.5 Å². The van der Waals surface area contributed by atoms with Crippen molar-refractivity contribution in [2.75, 3.05) is 31.7 Å². The molecule has 37 heavy (non-hydrogen) atoms. The van der Waals surface area contributed by atoms with Crippen LogP contribution in [0, 0.1) is 5.92 Å². The molecular weight excluding hydrogens is 470 g/mol. The SMILES string of the molecule is CCCCCCCCCCCCOc1cc(NC=C(C(=O)OCC)C(=O)OCC)ccc1OCC1CC1. The molecule has 1 aliphatic rings. The highest BCUT2D eigenvalue weighted by Crippen LogP contribution is 2.34. The summed E-state index contributed by atoms with van der Waals surface area (Å²) in [5, 5.41) is 3.01. The van der Waals surface area contributed by atoms with Crippen LogP contribution in [-0.2, 0) is 19.1 Å². The molecule has 1 fully saturated rings. The number of unbranched alkanes of at least 4 members (excludes halogenated alkanes) is 9. The molecule has 0 heterocycles. The zero-order chi connectivity index (χ0) is 26.7. The van der Waals surface area contributed by atoms with Crippen LogP contribution in [0.2, 0.25) is 0 Å². The maximum Gasteiger partial charge on any atom is 0.347 e. The van der Waals surface area contributed by atoms with Crippen molar-refractivity contribution in [3.63, 3.8) is 0 Å². The molecule has 1 aromatic carbocycles. The molecule has 0 saturated heterocycles. The molecule has 0 aromatic heterocycles. The van der Waals surface area contributed by atoms with E-state index in [4.69, 9.17) is 18.9 Å². The lowest BCUT2D eigenvalue weighted by atomic mass is 10.1. The van der Waals surface area contributed by atoms with Crippen LogP contribution in [0.5, 0.6) is 11.5 Å². The molecule has 1 aliphatic carbocycles. The third-order valence-corrected chi connectivity index (χ3v) is 6.24. The number of carbonyl (C=O) groups is 2. The monoisotopic (exact) mass is 517 g/mol. The predicted molar refractivity (Wildman–Crippen MR) is 147 cm³/mol. The smallest absolute Gasteiger partial charge is 0.347 e. The van der Waals surface area contributed by atoms with E-state index in [1.807, 2.05) is 18.2 Å². The Labute approximate surface area is 223 Å². The van der Waals surface area contributed by atoms with Gasteiger partial charge in [0, 0.05) is 18.0 Å². The first kappa shape index (κ1) is 30.5. The molecule has 0 unspecified atom stereocenters. The average Bonchev–Trinajstić information content (AvgIpc) is 3.72. The van der Waals surface area contributed by atoms with Gasteiger partial charge in [0.25, 0.3) is 0 Å². The van der Waals surface area contributed by atoms with Crippen molar-refractivity contribution in [2.24, 2.45) is 5.92 Å². The minimum Gasteiger partial charge on any atom is -0.490 e. The van der Waals surface area contributed by atoms with Gasteiger partial charge < -0.3 is 24.3 Å². The van der Waals surface area contributed by atoms with Crippen LogP contribution in [-0.4, -0.2) is 38.4 Å². The molecule has 1 aromatic rings. The Hall–Kier alpha value is -2.70. The van der Waals surface area contributed by atoms with Crippen LogP contribution in [0.1, 0.15) is 97.8 Å². The molecular formula is C30H47NO6. The zero-order valence-electron chi connectivity index (χ0n) is 23.1. The quantitative estimate of drug-likeness (QED) is 0.0607. The van der Waals surface area contributed by atoms with E-state index in [1.54, 1.807) is 13.8 Å². The van der Waals surface area contributed by atoms with Gasteiger partial charge in [-0.05, 0) is 51.2 Å². The first-order valence-electron chi connectivity index (χ1n) is 14.3. The van der Waals surface area contributed by atoms with Gasteiger partial charge in [-0.25, -0.2) is 9.59 Å². The number of anilines is 1. The van der Waals surface area contributed by atoms with Crippen LogP contribution in [0.4, 0.5) is 5.69 Å². The second-order valence-electron chi connectivity index (χ2n) is 9.59. The molecule has 0 radical (unpaired) electrons. The molecule has 1 saturated carbocycles. The van der Waals surface area contributed by atoms with E-state index in [0.717, 1.165) is 12.8 Å². The summed E-state index contributed by atoms with van der Waals surface area (Å²) in [4.78, 5) is 24.4. The highest BCUT2D eigenvalue weighted by atomic mass is 16.6. The summed E-state index contributed by atoms with van der Waals surface area (Å²) in [6.07, 6.45) is 16.5. The van der Waals surface area contributed by atoms with Gasteiger partial charge in [0.15, 0.2) is 17.1 Å². The highest BCUT2D eigenvalue weighted by molar-refractivity contribution is 6.14. The minimum absolute atomic E-state index is 0.166. The topological polar surface area (TPSA) is 83.1 Å². The van der Waals surface area contributed by atoms with E-state index in [9.17, 15) is 9.59 Å². The molecule has 2 rings (SSSR count). The summed E-state index contributed by atoms with van der Waals surface area (Å²) in [5.74, 6) is 0.547. The number of nitrogens with one attached hydrogen (secondary N) is 1. The lowest BCUT2D eigenvalue weighted by Gasteiger charge is -2.15. The fraction of sp³-hybridized carbons (Fsp3) is 0.667. The normalized spacial score (nSPS) is 12.5. The van der Waals surface area contributed by atoms with E-state index in [-0.39, 0.29) is 18.8 Å². The standard InChI is InChI=1S/C30H47NO6/c1-4-7-8-9-10-11-12-13-14-15-20-36-28-21-25(18-19-27(28)37-23-24-16-17-24)31-22-26(29(32)34-5-2)30(33)35-6-3/h18-19,21-22,24,31H,4-17,20,23H2,1-3H3. The maximum absolute atomic E-state index is 12.2. The summed E-state index contributed by atoms with van der Waals surface area (Å²) in [6.45, 7) is 7.27. The number of carbonyl (C=O) groups excluding carboxylic acids is 2. The van der Waals surface area contributed by atoms with Crippen molar-refractivity contribution in [1.82, 2.24) is 0 Å². The molecule has 1 N–H and O–H groups in total. The fourth-order valence-corrected chi connectivity index (χ4v) is 3.87. The van der Waals surface area contributed by atoms with Gasteiger partial charge in [0.05, 0.1) is 26.4 Å². The third kappa shape index (κ3) is 12.9. The molecule has 7 heteroatoms. The van der Waals surface area contributed by atoms with Crippen molar-refractivity contribution in [1.29, 1.82) is 0 Å². The number of hydrogen-bond donors (Lipinski definition) is 1. The van der Waals surface area contributed by atoms with Crippen LogP contribution in [0.3, 0.4) is 0 Å².